The molecule has 0 aromatic carbocycles. The Hall–Kier alpha value is -1.62. The van der Waals surface area contributed by atoms with Crippen molar-refractivity contribution in [2.24, 2.45) is 0 Å². The zero-order chi connectivity index (χ0) is 11.8. The third-order valence-corrected chi connectivity index (χ3v) is 3.85. The zero-order valence-electron chi connectivity index (χ0n) is 8.94. The van der Waals surface area contributed by atoms with Gasteiger partial charge in [0.15, 0.2) is 11.6 Å². The lowest BCUT2D eigenvalue weighted by molar-refractivity contribution is 0.0968. The number of pyridine rings is 1. The summed E-state index contributed by atoms with van der Waals surface area (Å²) in [6.07, 6.45) is 3.78. The smallest absolute Gasteiger partial charge is 0.182 e. The first kappa shape index (κ1) is 10.5. The SMILES string of the molecule is O=C1CCCc2sc(-c3ncccc3F)nc21. The van der Waals surface area contributed by atoms with E-state index < -0.39 is 5.82 Å². The van der Waals surface area contributed by atoms with Crippen LogP contribution in [-0.4, -0.2) is 15.8 Å². The van der Waals surface area contributed by atoms with Gasteiger partial charge in [-0.15, -0.1) is 11.3 Å². The first-order valence-corrected chi connectivity index (χ1v) is 6.21. The molecule has 17 heavy (non-hydrogen) atoms. The number of aryl methyl sites for hydroxylation is 1. The van der Waals surface area contributed by atoms with E-state index in [4.69, 9.17) is 0 Å². The lowest BCUT2D eigenvalue weighted by atomic mass is 10.0. The molecule has 0 saturated heterocycles. The number of thiazole rings is 1. The molecule has 2 aromatic heterocycles. The molecule has 0 N–H and O–H groups in total. The number of Topliss-reactive ketones (excluding diaryl/α,β-unsaturated/α-hetero) is 1. The van der Waals surface area contributed by atoms with Crippen LogP contribution in [0.25, 0.3) is 10.7 Å². The predicted octanol–water partition coefficient (Wildman–Crippen LogP) is 2.86. The maximum absolute atomic E-state index is 13.6. The van der Waals surface area contributed by atoms with Crippen LogP contribution < -0.4 is 0 Å². The number of aromatic nitrogens is 2. The molecule has 0 aliphatic heterocycles. The summed E-state index contributed by atoms with van der Waals surface area (Å²) in [6, 6.07) is 2.89. The van der Waals surface area contributed by atoms with E-state index in [1.807, 2.05) is 0 Å². The van der Waals surface area contributed by atoms with Gasteiger partial charge in [-0.25, -0.2) is 9.37 Å². The molecule has 0 bridgehead atoms. The molecule has 5 heteroatoms. The van der Waals surface area contributed by atoms with E-state index >= 15 is 0 Å². The Kier molecular flexibility index (Phi) is 2.48. The number of carbonyl (C=O) groups is 1. The van der Waals surface area contributed by atoms with E-state index in [1.165, 1.54) is 29.7 Å². The number of hydrogen-bond donors (Lipinski definition) is 0. The number of halogens is 1. The van der Waals surface area contributed by atoms with Crippen molar-refractivity contribution in [2.45, 2.75) is 19.3 Å². The zero-order valence-corrected chi connectivity index (χ0v) is 9.76. The summed E-state index contributed by atoms with van der Waals surface area (Å²) in [7, 11) is 0. The van der Waals surface area contributed by atoms with Crippen LogP contribution in [0.1, 0.15) is 28.2 Å². The van der Waals surface area contributed by atoms with Crippen LogP contribution in [0.4, 0.5) is 4.39 Å². The molecule has 0 fully saturated rings. The Morgan fingerprint density at radius 3 is 2.94 bits per heavy atom. The highest BCUT2D eigenvalue weighted by Crippen LogP contribution is 2.32. The van der Waals surface area contributed by atoms with Crippen molar-refractivity contribution < 1.29 is 9.18 Å². The summed E-state index contributed by atoms with van der Waals surface area (Å²) in [5.74, 6) is -0.337. The first-order chi connectivity index (χ1) is 8.25. The van der Waals surface area contributed by atoms with E-state index in [-0.39, 0.29) is 11.5 Å². The van der Waals surface area contributed by atoms with Crippen LogP contribution in [0.3, 0.4) is 0 Å². The second kappa shape index (κ2) is 4.00. The lowest BCUT2D eigenvalue weighted by Crippen LogP contribution is -2.08. The number of ketones is 1. The highest BCUT2D eigenvalue weighted by molar-refractivity contribution is 7.15. The van der Waals surface area contributed by atoms with Crippen molar-refractivity contribution in [3.05, 3.63) is 34.7 Å². The van der Waals surface area contributed by atoms with Crippen LogP contribution in [0.5, 0.6) is 0 Å². The van der Waals surface area contributed by atoms with Gasteiger partial charge in [0.2, 0.25) is 0 Å². The fourth-order valence-corrected chi connectivity index (χ4v) is 3.03. The Morgan fingerprint density at radius 2 is 2.18 bits per heavy atom. The second-order valence-electron chi connectivity index (χ2n) is 3.90. The molecule has 1 aliphatic rings. The normalized spacial score (nSPS) is 14.8. The van der Waals surface area contributed by atoms with E-state index in [0.29, 0.717) is 17.1 Å². The number of nitrogens with zero attached hydrogens (tertiary/aromatic N) is 2. The van der Waals surface area contributed by atoms with Gasteiger partial charge < -0.3 is 0 Å². The minimum Gasteiger partial charge on any atom is -0.292 e. The van der Waals surface area contributed by atoms with Crippen LogP contribution in [0, 0.1) is 5.82 Å². The van der Waals surface area contributed by atoms with Crippen molar-refractivity contribution in [3.8, 4) is 10.7 Å². The van der Waals surface area contributed by atoms with Gasteiger partial charge in [0.25, 0.3) is 0 Å². The van der Waals surface area contributed by atoms with E-state index in [9.17, 15) is 9.18 Å². The first-order valence-electron chi connectivity index (χ1n) is 5.39. The maximum Gasteiger partial charge on any atom is 0.182 e. The van der Waals surface area contributed by atoms with Gasteiger partial charge in [-0.1, -0.05) is 0 Å². The number of rotatable bonds is 1. The molecule has 0 radical (unpaired) electrons. The fourth-order valence-electron chi connectivity index (χ4n) is 1.91. The van der Waals surface area contributed by atoms with E-state index in [1.54, 1.807) is 0 Å². The molecule has 1 aliphatic carbocycles. The van der Waals surface area contributed by atoms with Crippen LogP contribution in [-0.2, 0) is 6.42 Å². The third-order valence-electron chi connectivity index (χ3n) is 2.73. The largest absolute Gasteiger partial charge is 0.292 e. The van der Waals surface area contributed by atoms with Gasteiger partial charge in [0, 0.05) is 17.5 Å². The quantitative estimate of drug-likeness (QED) is 0.779. The van der Waals surface area contributed by atoms with Gasteiger partial charge in [0.05, 0.1) is 0 Å². The Labute approximate surface area is 101 Å². The molecule has 3 rings (SSSR count). The molecule has 3 nitrogen and oxygen atoms in total. The molecule has 0 amide bonds. The average Bonchev–Trinajstić information content (AvgIpc) is 2.75. The van der Waals surface area contributed by atoms with Crippen molar-refractivity contribution in [1.82, 2.24) is 9.97 Å². The molecule has 2 heterocycles. The molecule has 86 valence electrons. The van der Waals surface area contributed by atoms with E-state index in [0.717, 1.165) is 17.7 Å². The number of hydrogen-bond acceptors (Lipinski definition) is 4. The molecule has 0 spiro atoms. The lowest BCUT2D eigenvalue weighted by Gasteiger charge is -2.06. The molecule has 0 atom stereocenters. The molecule has 2 aromatic rings. The van der Waals surface area contributed by atoms with Gasteiger partial charge in [-0.2, -0.15) is 0 Å². The molecule has 0 unspecified atom stereocenters. The Bertz CT molecular complexity index is 594. The maximum atomic E-state index is 13.6. The van der Waals surface area contributed by atoms with Crippen molar-refractivity contribution in [3.63, 3.8) is 0 Å². The van der Waals surface area contributed by atoms with Crippen LogP contribution >= 0.6 is 11.3 Å². The topological polar surface area (TPSA) is 42.9 Å². The van der Waals surface area contributed by atoms with E-state index in [2.05, 4.69) is 9.97 Å². The summed E-state index contributed by atoms with van der Waals surface area (Å²) in [5, 5.41) is 0.503. The fraction of sp³-hybridized carbons (Fsp3) is 0.250. The molecular formula is C12H9FN2OS. The van der Waals surface area contributed by atoms with Gasteiger partial charge in [-0.05, 0) is 25.0 Å². The number of carbonyl (C=O) groups excluding carboxylic acids is 1. The minimum absolute atomic E-state index is 0.0603. The summed E-state index contributed by atoms with van der Waals surface area (Å²) >= 11 is 1.37. The monoisotopic (exact) mass is 248 g/mol. The summed E-state index contributed by atoms with van der Waals surface area (Å²) in [5.41, 5.74) is 0.751. The highest BCUT2D eigenvalue weighted by Gasteiger charge is 2.23. The molecule has 0 saturated carbocycles. The summed E-state index contributed by atoms with van der Waals surface area (Å²) < 4.78 is 13.6. The standard InChI is InChI=1S/C12H9FN2OS/c13-7-3-2-6-14-10(7)12-15-11-8(16)4-1-5-9(11)17-12/h2-3,6H,1,4-5H2. The Morgan fingerprint density at radius 1 is 1.29 bits per heavy atom. The average molecular weight is 248 g/mol. The summed E-state index contributed by atoms with van der Waals surface area (Å²) in [4.78, 5) is 20.8. The van der Waals surface area contributed by atoms with Gasteiger partial charge in [0.1, 0.15) is 16.4 Å². The van der Waals surface area contributed by atoms with Crippen LogP contribution in [0.2, 0.25) is 0 Å². The number of fused-ring (bicyclic) bond motifs is 1. The van der Waals surface area contributed by atoms with Crippen LogP contribution in [0.15, 0.2) is 18.3 Å². The third kappa shape index (κ3) is 1.76. The molecular weight excluding hydrogens is 239 g/mol. The second-order valence-corrected chi connectivity index (χ2v) is 4.98. The highest BCUT2D eigenvalue weighted by atomic mass is 32.1. The summed E-state index contributed by atoms with van der Waals surface area (Å²) in [6.45, 7) is 0. The predicted molar refractivity (Wildman–Crippen MR) is 62.6 cm³/mol. The van der Waals surface area contributed by atoms with Gasteiger partial charge in [-0.3, -0.25) is 9.78 Å². The van der Waals surface area contributed by atoms with Crippen molar-refractivity contribution in [1.29, 1.82) is 0 Å². The van der Waals surface area contributed by atoms with Gasteiger partial charge >= 0.3 is 0 Å². The van der Waals surface area contributed by atoms with Crippen molar-refractivity contribution in [2.75, 3.05) is 0 Å². The minimum atomic E-state index is -0.397. The Balaban J connectivity index is 2.11. The van der Waals surface area contributed by atoms with Crippen molar-refractivity contribution >= 4 is 17.1 Å².